The van der Waals surface area contributed by atoms with Crippen molar-refractivity contribution in [1.29, 1.82) is 0 Å². The SMILES string of the molecule is CC(C)(C)NC(=O)NC(=O)COC(=O)CCSc1nc2ccccc2s1. The van der Waals surface area contributed by atoms with Crippen LogP contribution in [0.4, 0.5) is 4.79 Å². The Balaban J connectivity index is 1.65. The number of nitrogens with zero attached hydrogens (tertiary/aromatic N) is 1. The van der Waals surface area contributed by atoms with Crippen LogP contribution < -0.4 is 10.6 Å². The molecule has 1 aromatic heterocycles. The van der Waals surface area contributed by atoms with Gasteiger partial charge in [0, 0.05) is 11.3 Å². The molecule has 3 amide bonds. The van der Waals surface area contributed by atoms with Crippen LogP contribution in [0.2, 0.25) is 0 Å². The maximum absolute atomic E-state index is 11.7. The van der Waals surface area contributed by atoms with Crippen molar-refractivity contribution in [3.8, 4) is 0 Å². The summed E-state index contributed by atoms with van der Waals surface area (Å²) in [5.74, 6) is -0.658. The number of benzene rings is 1. The second-order valence-corrected chi connectivity index (χ2v) is 8.83. The van der Waals surface area contributed by atoms with Crippen molar-refractivity contribution in [3.05, 3.63) is 24.3 Å². The second-order valence-electron chi connectivity index (χ2n) is 6.46. The number of urea groups is 1. The largest absolute Gasteiger partial charge is 0.456 e. The average Bonchev–Trinajstić information content (AvgIpc) is 2.93. The molecular weight excluding hydrogens is 374 g/mol. The number of rotatable bonds is 6. The van der Waals surface area contributed by atoms with E-state index in [1.807, 2.05) is 24.3 Å². The third-order valence-electron chi connectivity index (χ3n) is 2.91. The van der Waals surface area contributed by atoms with Crippen LogP contribution in [0.25, 0.3) is 10.2 Å². The fraction of sp³-hybridized carbons (Fsp3) is 0.412. The van der Waals surface area contributed by atoms with E-state index in [1.165, 1.54) is 11.8 Å². The standard InChI is InChI=1S/C17H21N3O4S2/c1-17(2,3)20-15(23)19-13(21)10-24-14(22)8-9-25-16-18-11-6-4-5-7-12(11)26-16/h4-7H,8-10H2,1-3H3,(H2,19,20,21,23). The normalized spacial score (nSPS) is 11.2. The lowest BCUT2D eigenvalue weighted by molar-refractivity contribution is -0.147. The van der Waals surface area contributed by atoms with Crippen LogP contribution in [0.3, 0.4) is 0 Å². The lowest BCUT2D eigenvalue weighted by Gasteiger charge is -2.20. The molecule has 0 radical (unpaired) electrons. The first-order chi connectivity index (χ1) is 12.2. The van der Waals surface area contributed by atoms with Crippen molar-refractivity contribution >= 4 is 51.2 Å². The molecule has 2 aromatic rings. The molecule has 2 rings (SSSR count). The van der Waals surface area contributed by atoms with Gasteiger partial charge in [-0.05, 0) is 32.9 Å². The summed E-state index contributed by atoms with van der Waals surface area (Å²) in [6.45, 7) is 4.89. The number of thiazole rings is 1. The maximum Gasteiger partial charge on any atom is 0.321 e. The number of carbonyl (C=O) groups excluding carboxylic acids is 3. The van der Waals surface area contributed by atoms with E-state index in [2.05, 4.69) is 15.6 Å². The van der Waals surface area contributed by atoms with Crippen molar-refractivity contribution in [1.82, 2.24) is 15.6 Å². The number of fused-ring (bicyclic) bond motifs is 1. The van der Waals surface area contributed by atoms with Crippen LogP contribution in [0.5, 0.6) is 0 Å². The Hall–Kier alpha value is -2.13. The van der Waals surface area contributed by atoms with Crippen LogP contribution in [0.15, 0.2) is 28.6 Å². The molecular formula is C17H21N3O4S2. The number of nitrogens with one attached hydrogen (secondary N) is 2. The smallest absolute Gasteiger partial charge is 0.321 e. The van der Waals surface area contributed by atoms with Gasteiger partial charge in [-0.3, -0.25) is 14.9 Å². The number of amides is 3. The topological polar surface area (TPSA) is 97.4 Å². The minimum atomic E-state index is -0.668. The van der Waals surface area contributed by atoms with Crippen molar-refractivity contribution < 1.29 is 19.1 Å². The number of esters is 1. The quantitative estimate of drug-likeness (QED) is 0.576. The maximum atomic E-state index is 11.7. The molecule has 0 unspecified atom stereocenters. The zero-order chi connectivity index (χ0) is 19.2. The van der Waals surface area contributed by atoms with E-state index in [9.17, 15) is 14.4 Å². The number of hydrogen-bond acceptors (Lipinski definition) is 7. The zero-order valence-electron chi connectivity index (χ0n) is 14.8. The van der Waals surface area contributed by atoms with Gasteiger partial charge < -0.3 is 10.1 Å². The summed E-state index contributed by atoms with van der Waals surface area (Å²) < 4.78 is 6.85. The first-order valence-corrected chi connectivity index (χ1v) is 9.79. The summed E-state index contributed by atoms with van der Waals surface area (Å²) in [5.41, 5.74) is 0.478. The Morgan fingerprint density at radius 3 is 2.65 bits per heavy atom. The van der Waals surface area contributed by atoms with Crippen LogP contribution in [0, 0.1) is 0 Å². The van der Waals surface area contributed by atoms with Crippen molar-refractivity contribution in [3.63, 3.8) is 0 Å². The Morgan fingerprint density at radius 1 is 1.23 bits per heavy atom. The predicted molar refractivity (Wildman–Crippen MR) is 102 cm³/mol. The van der Waals surface area contributed by atoms with Gasteiger partial charge in [-0.25, -0.2) is 9.78 Å². The number of para-hydroxylation sites is 1. The molecule has 9 heteroatoms. The molecule has 140 valence electrons. The number of imide groups is 1. The van der Waals surface area contributed by atoms with E-state index >= 15 is 0 Å². The monoisotopic (exact) mass is 395 g/mol. The summed E-state index contributed by atoms with van der Waals surface area (Å²) in [7, 11) is 0. The number of ether oxygens (including phenoxy) is 1. The number of hydrogen-bond donors (Lipinski definition) is 2. The van der Waals surface area contributed by atoms with Crippen LogP contribution in [-0.2, 0) is 14.3 Å². The molecule has 26 heavy (non-hydrogen) atoms. The fourth-order valence-electron chi connectivity index (χ4n) is 1.89. The van der Waals surface area contributed by atoms with E-state index in [-0.39, 0.29) is 6.42 Å². The molecule has 0 aliphatic rings. The Kier molecular flexibility index (Phi) is 6.98. The highest BCUT2D eigenvalue weighted by molar-refractivity contribution is 8.01. The highest BCUT2D eigenvalue weighted by atomic mass is 32.2. The lowest BCUT2D eigenvalue weighted by atomic mass is 10.1. The van der Waals surface area contributed by atoms with Gasteiger partial charge >= 0.3 is 12.0 Å². The molecule has 0 atom stereocenters. The summed E-state index contributed by atoms with van der Waals surface area (Å²) in [6.07, 6.45) is 0.155. The molecule has 0 bridgehead atoms. The summed E-state index contributed by atoms with van der Waals surface area (Å²) in [4.78, 5) is 39.3. The van der Waals surface area contributed by atoms with Gasteiger partial charge in [-0.2, -0.15) is 0 Å². The predicted octanol–water partition coefficient (Wildman–Crippen LogP) is 2.95. The number of aromatic nitrogens is 1. The van der Waals surface area contributed by atoms with Gasteiger partial charge in [0.1, 0.15) is 0 Å². The Labute approximate surface area is 159 Å². The van der Waals surface area contributed by atoms with Gasteiger partial charge in [0.25, 0.3) is 5.91 Å². The van der Waals surface area contributed by atoms with E-state index < -0.39 is 30.1 Å². The van der Waals surface area contributed by atoms with Crippen molar-refractivity contribution in [2.45, 2.75) is 37.1 Å². The van der Waals surface area contributed by atoms with Gasteiger partial charge in [0.05, 0.1) is 16.6 Å². The summed E-state index contributed by atoms with van der Waals surface area (Å²) in [6, 6.07) is 7.21. The van der Waals surface area contributed by atoms with Crippen molar-refractivity contribution in [2.75, 3.05) is 12.4 Å². The molecule has 0 saturated heterocycles. The third-order valence-corrected chi connectivity index (χ3v) is 5.09. The first kappa shape index (κ1) is 20.2. The molecule has 0 spiro atoms. The molecule has 0 aliphatic carbocycles. The van der Waals surface area contributed by atoms with Crippen LogP contribution >= 0.6 is 23.1 Å². The van der Waals surface area contributed by atoms with E-state index in [0.29, 0.717) is 5.75 Å². The molecule has 0 saturated carbocycles. The van der Waals surface area contributed by atoms with Gasteiger partial charge in [-0.1, -0.05) is 23.9 Å². The molecule has 2 N–H and O–H groups in total. The second kappa shape index (κ2) is 9.00. The van der Waals surface area contributed by atoms with E-state index in [0.717, 1.165) is 14.6 Å². The van der Waals surface area contributed by atoms with Gasteiger partial charge in [-0.15, -0.1) is 11.3 Å². The minimum absolute atomic E-state index is 0.155. The average molecular weight is 396 g/mol. The molecule has 0 aliphatic heterocycles. The number of thioether (sulfide) groups is 1. The Morgan fingerprint density at radius 2 is 1.96 bits per heavy atom. The molecule has 0 fully saturated rings. The first-order valence-electron chi connectivity index (χ1n) is 7.99. The summed E-state index contributed by atoms with van der Waals surface area (Å²) in [5, 5.41) is 4.69. The van der Waals surface area contributed by atoms with E-state index in [1.54, 1.807) is 32.1 Å². The molecule has 1 aromatic carbocycles. The van der Waals surface area contributed by atoms with Gasteiger partial charge in [0.15, 0.2) is 10.9 Å². The highest BCUT2D eigenvalue weighted by Gasteiger charge is 2.16. The van der Waals surface area contributed by atoms with E-state index in [4.69, 9.17) is 4.74 Å². The zero-order valence-corrected chi connectivity index (χ0v) is 16.5. The minimum Gasteiger partial charge on any atom is -0.456 e. The summed E-state index contributed by atoms with van der Waals surface area (Å²) >= 11 is 3.04. The number of carbonyl (C=O) groups is 3. The fourth-order valence-corrected chi connectivity index (χ4v) is 3.95. The van der Waals surface area contributed by atoms with Crippen molar-refractivity contribution in [2.24, 2.45) is 0 Å². The van der Waals surface area contributed by atoms with Crippen LogP contribution in [0.1, 0.15) is 27.2 Å². The van der Waals surface area contributed by atoms with Gasteiger partial charge in [0.2, 0.25) is 0 Å². The Bertz CT molecular complexity index is 766. The lowest BCUT2D eigenvalue weighted by Crippen LogP contribution is -2.49. The third kappa shape index (κ3) is 7.01. The highest BCUT2D eigenvalue weighted by Crippen LogP contribution is 2.29. The van der Waals surface area contributed by atoms with Crippen LogP contribution in [-0.4, -0.2) is 40.8 Å². The molecule has 1 heterocycles. The molecule has 7 nitrogen and oxygen atoms in total.